The normalized spacial score (nSPS) is 10.3. The quantitative estimate of drug-likeness (QED) is 0.579. The summed E-state index contributed by atoms with van der Waals surface area (Å²) in [7, 11) is 0. The number of carbonyl (C=O) groups excluding carboxylic acids is 2. The van der Waals surface area contributed by atoms with Crippen molar-refractivity contribution >= 4 is 22.6 Å². The predicted molar refractivity (Wildman–Crippen MR) is 93.0 cm³/mol. The summed E-state index contributed by atoms with van der Waals surface area (Å²) in [6.45, 7) is 0.394. The molecule has 24 heavy (non-hydrogen) atoms. The van der Waals surface area contributed by atoms with Gasteiger partial charge in [0.25, 0.3) is 5.91 Å². The molecule has 0 aromatic heterocycles. The van der Waals surface area contributed by atoms with Gasteiger partial charge in [-0.3, -0.25) is 4.79 Å². The molecule has 0 aliphatic rings. The van der Waals surface area contributed by atoms with Crippen molar-refractivity contribution in [1.82, 2.24) is 5.32 Å². The largest absolute Gasteiger partial charge is 0.460 e. The number of amides is 1. The van der Waals surface area contributed by atoms with Crippen molar-refractivity contribution in [2.24, 2.45) is 0 Å². The minimum atomic E-state index is -0.388. The van der Waals surface area contributed by atoms with E-state index in [9.17, 15) is 9.59 Å². The molecular formula is C20H17NO3. The number of hydrogen-bond acceptors (Lipinski definition) is 3. The van der Waals surface area contributed by atoms with E-state index in [2.05, 4.69) is 5.32 Å². The number of carbonyl (C=O) groups is 2. The van der Waals surface area contributed by atoms with Crippen molar-refractivity contribution in [3.05, 3.63) is 83.9 Å². The van der Waals surface area contributed by atoms with Crippen molar-refractivity contribution in [1.29, 1.82) is 0 Å². The van der Waals surface area contributed by atoms with E-state index in [0.717, 1.165) is 10.8 Å². The predicted octanol–water partition coefficient (Wildman–Crippen LogP) is 3.43. The molecule has 4 heteroatoms. The molecule has 0 unspecified atom stereocenters. The van der Waals surface area contributed by atoms with Crippen molar-refractivity contribution in [2.75, 3.05) is 13.2 Å². The Hall–Kier alpha value is -3.14. The fourth-order valence-electron chi connectivity index (χ4n) is 2.48. The van der Waals surface area contributed by atoms with Gasteiger partial charge in [-0.25, -0.2) is 4.79 Å². The molecule has 1 amide bonds. The van der Waals surface area contributed by atoms with Crippen LogP contribution in [0.1, 0.15) is 20.7 Å². The summed E-state index contributed by atoms with van der Waals surface area (Å²) in [6.07, 6.45) is 0. The number of esters is 1. The molecule has 0 aliphatic heterocycles. The Morgan fingerprint density at radius 3 is 2.38 bits per heavy atom. The highest BCUT2D eigenvalue weighted by atomic mass is 16.5. The van der Waals surface area contributed by atoms with E-state index < -0.39 is 0 Å². The van der Waals surface area contributed by atoms with Gasteiger partial charge in [0, 0.05) is 5.56 Å². The molecule has 0 fully saturated rings. The van der Waals surface area contributed by atoms with Gasteiger partial charge in [0.05, 0.1) is 12.1 Å². The molecule has 3 aromatic rings. The second-order valence-electron chi connectivity index (χ2n) is 5.28. The van der Waals surface area contributed by atoms with Gasteiger partial charge in [-0.15, -0.1) is 0 Å². The molecule has 3 aromatic carbocycles. The lowest BCUT2D eigenvalue weighted by Gasteiger charge is -2.08. The summed E-state index contributed by atoms with van der Waals surface area (Å²) >= 11 is 0. The minimum absolute atomic E-state index is 0.126. The lowest BCUT2D eigenvalue weighted by molar-refractivity contribution is 0.0505. The third kappa shape index (κ3) is 3.60. The SMILES string of the molecule is O=C(NCCOC(=O)c1cccc2ccccc12)c1ccccc1. The number of benzene rings is 3. The van der Waals surface area contributed by atoms with Gasteiger partial charge >= 0.3 is 5.97 Å². The van der Waals surface area contributed by atoms with Crippen LogP contribution >= 0.6 is 0 Å². The zero-order valence-corrected chi connectivity index (χ0v) is 13.1. The molecule has 0 spiro atoms. The Bertz CT molecular complexity index is 854. The Balaban J connectivity index is 1.55. The standard InChI is InChI=1S/C20H17NO3/c22-19(16-8-2-1-3-9-16)21-13-14-24-20(23)18-12-6-10-15-7-4-5-11-17(15)18/h1-12H,13-14H2,(H,21,22). The van der Waals surface area contributed by atoms with E-state index >= 15 is 0 Å². The van der Waals surface area contributed by atoms with Gasteiger partial charge in [-0.05, 0) is 29.0 Å². The highest BCUT2D eigenvalue weighted by molar-refractivity contribution is 6.04. The molecule has 120 valence electrons. The van der Waals surface area contributed by atoms with Crippen LogP contribution in [0, 0.1) is 0 Å². The van der Waals surface area contributed by atoms with Gasteiger partial charge in [-0.1, -0.05) is 54.6 Å². The van der Waals surface area contributed by atoms with E-state index in [1.54, 1.807) is 30.3 Å². The summed E-state index contributed by atoms with van der Waals surface area (Å²) in [4.78, 5) is 24.1. The summed E-state index contributed by atoms with van der Waals surface area (Å²) in [5, 5.41) is 4.58. The number of hydrogen-bond donors (Lipinski definition) is 1. The van der Waals surface area contributed by atoms with Crippen molar-refractivity contribution in [3.8, 4) is 0 Å². The molecule has 0 atom stereocenters. The maximum absolute atomic E-state index is 12.2. The molecule has 0 saturated carbocycles. The van der Waals surface area contributed by atoms with Crippen molar-refractivity contribution < 1.29 is 14.3 Å². The van der Waals surface area contributed by atoms with Crippen LogP contribution < -0.4 is 5.32 Å². The monoisotopic (exact) mass is 319 g/mol. The van der Waals surface area contributed by atoms with Gasteiger partial charge in [-0.2, -0.15) is 0 Å². The maximum Gasteiger partial charge on any atom is 0.338 e. The highest BCUT2D eigenvalue weighted by Gasteiger charge is 2.11. The van der Waals surface area contributed by atoms with Crippen molar-refractivity contribution in [3.63, 3.8) is 0 Å². The third-order valence-electron chi connectivity index (χ3n) is 3.67. The second-order valence-corrected chi connectivity index (χ2v) is 5.28. The molecule has 0 heterocycles. The fourth-order valence-corrected chi connectivity index (χ4v) is 2.48. The van der Waals surface area contributed by atoms with E-state index in [1.807, 2.05) is 42.5 Å². The molecule has 3 rings (SSSR count). The number of rotatable bonds is 5. The minimum Gasteiger partial charge on any atom is -0.460 e. The lowest BCUT2D eigenvalue weighted by atomic mass is 10.1. The smallest absolute Gasteiger partial charge is 0.338 e. The Labute approximate surface area is 140 Å². The topological polar surface area (TPSA) is 55.4 Å². The summed E-state index contributed by atoms with van der Waals surface area (Å²) < 4.78 is 5.27. The van der Waals surface area contributed by atoms with E-state index in [1.165, 1.54) is 0 Å². The first-order chi connectivity index (χ1) is 11.8. The molecule has 0 radical (unpaired) electrons. The zero-order valence-electron chi connectivity index (χ0n) is 13.1. The molecule has 1 N–H and O–H groups in total. The van der Waals surface area contributed by atoms with E-state index in [4.69, 9.17) is 4.74 Å². The molecular weight excluding hydrogens is 302 g/mol. The Morgan fingerprint density at radius 2 is 1.54 bits per heavy atom. The van der Waals surface area contributed by atoms with Crippen LogP contribution in [0.2, 0.25) is 0 Å². The first-order valence-electron chi connectivity index (χ1n) is 7.74. The second kappa shape index (κ2) is 7.42. The van der Waals surface area contributed by atoms with Gasteiger partial charge in [0.2, 0.25) is 0 Å². The number of fused-ring (bicyclic) bond motifs is 1. The molecule has 0 saturated heterocycles. The van der Waals surface area contributed by atoms with Gasteiger partial charge in [0.1, 0.15) is 6.61 Å². The maximum atomic E-state index is 12.2. The molecule has 0 aliphatic carbocycles. The first kappa shape index (κ1) is 15.7. The first-order valence-corrected chi connectivity index (χ1v) is 7.74. The average molecular weight is 319 g/mol. The van der Waals surface area contributed by atoms with Gasteiger partial charge < -0.3 is 10.1 Å². The summed E-state index contributed by atoms with van der Waals surface area (Å²) in [5.41, 5.74) is 1.11. The average Bonchev–Trinajstić information content (AvgIpc) is 2.65. The van der Waals surface area contributed by atoms with Gasteiger partial charge in [0.15, 0.2) is 0 Å². The molecule has 0 bridgehead atoms. The van der Waals surface area contributed by atoms with Crippen molar-refractivity contribution in [2.45, 2.75) is 0 Å². The number of ether oxygens (including phenoxy) is 1. The lowest BCUT2D eigenvalue weighted by Crippen LogP contribution is -2.28. The van der Waals surface area contributed by atoms with Crippen LogP contribution in [-0.2, 0) is 4.74 Å². The third-order valence-corrected chi connectivity index (χ3v) is 3.67. The van der Waals surface area contributed by atoms with E-state index in [0.29, 0.717) is 11.1 Å². The summed E-state index contributed by atoms with van der Waals surface area (Å²) in [5.74, 6) is -0.572. The Kier molecular flexibility index (Phi) is 4.87. The summed E-state index contributed by atoms with van der Waals surface area (Å²) in [6, 6.07) is 22.1. The molecule has 4 nitrogen and oxygen atoms in total. The Morgan fingerprint density at radius 1 is 0.833 bits per heavy atom. The van der Waals surface area contributed by atoms with Crippen LogP contribution in [0.5, 0.6) is 0 Å². The van der Waals surface area contributed by atoms with E-state index in [-0.39, 0.29) is 25.0 Å². The van der Waals surface area contributed by atoms with Crippen LogP contribution in [0.15, 0.2) is 72.8 Å². The van der Waals surface area contributed by atoms with Crippen LogP contribution in [0.25, 0.3) is 10.8 Å². The highest BCUT2D eigenvalue weighted by Crippen LogP contribution is 2.19. The van der Waals surface area contributed by atoms with Crippen LogP contribution in [-0.4, -0.2) is 25.0 Å². The zero-order chi connectivity index (χ0) is 16.8. The number of nitrogens with one attached hydrogen (secondary N) is 1. The van der Waals surface area contributed by atoms with Crippen LogP contribution in [0.3, 0.4) is 0 Å². The van der Waals surface area contributed by atoms with Crippen LogP contribution in [0.4, 0.5) is 0 Å². The fraction of sp³-hybridized carbons (Fsp3) is 0.100.